The molecular formula is C20H13ClN4OS. The van der Waals surface area contributed by atoms with Crippen molar-refractivity contribution in [3.63, 3.8) is 0 Å². The normalized spacial score (nSPS) is 10.6. The van der Waals surface area contributed by atoms with Gasteiger partial charge in [-0.3, -0.25) is 10.1 Å². The standard InChI is InChI=1S/C20H13ClN4OS/c21-16-9-5-4-8-15(16)17-12-27-20(24-17)25-19(26)14-10-22-18(23-11-14)13-6-2-1-3-7-13/h1-12H,(H,24,25,26). The molecule has 0 unspecified atom stereocenters. The van der Waals surface area contributed by atoms with Crippen LogP contribution in [0.3, 0.4) is 0 Å². The number of aromatic nitrogens is 3. The van der Waals surface area contributed by atoms with Crippen LogP contribution in [-0.2, 0) is 0 Å². The Morgan fingerprint density at radius 1 is 0.963 bits per heavy atom. The fraction of sp³-hybridized carbons (Fsp3) is 0. The van der Waals surface area contributed by atoms with Crippen LogP contribution in [-0.4, -0.2) is 20.9 Å². The Morgan fingerprint density at radius 3 is 2.41 bits per heavy atom. The number of rotatable bonds is 4. The molecule has 0 atom stereocenters. The number of nitrogens with zero attached hydrogens (tertiary/aromatic N) is 3. The SMILES string of the molecule is O=C(Nc1nc(-c2ccccc2Cl)cs1)c1cnc(-c2ccccc2)nc1. The van der Waals surface area contributed by atoms with E-state index in [9.17, 15) is 4.79 Å². The first-order chi connectivity index (χ1) is 13.2. The molecule has 0 spiro atoms. The lowest BCUT2D eigenvalue weighted by molar-refractivity contribution is 0.102. The Labute approximate surface area is 164 Å². The smallest absolute Gasteiger partial charge is 0.260 e. The topological polar surface area (TPSA) is 67.8 Å². The molecule has 1 amide bonds. The van der Waals surface area contributed by atoms with Crippen LogP contribution in [0.4, 0.5) is 5.13 Å². The maximum absolute atomic E-state index is 12.4. The molecule has 2 aromatic carbocycles. The van der Waals surface area contributed by atoms with Gasteiger partial charge in [-0.25, -0.2) is 15.0 Å². The minimum absolute atomic E-state index is 0.310. The van der Waals surface area contributed by atoms with Crippen LogP contribution in [0.25, 0.3) is 22.6 Å². The zero-order valence-electron chi connectivity index (χ0n) is 14.0. The van der Waals surface area contributed by atoms with Crippen LogP contribution >= 0.6 is 22.9 Å². The maximum atomic E-state index is 12.4. The van der Waals surface area contributed by atoms with E-state index in [0.717, 1.165) is 16.8 Å². The van der Waals surface area contributed by atoms with Crippen molar-refractivity contribution in [2.24, 2.45) is 0 Å². The lowest BCUT2D eigenvalue weighted by Crippen LogP contribution is -2.12. The van der Waals surface area contributed by atoms with E-state index in [-0.39, 0.29) is 5.91 Å². The van der Waals surface area contributed by atoms with Crippen molar-refractivity contribution in [2.45, 2.75) is 0 Å². The summed E-state index contributed by atoms with van der Waals surface area (Å²) in [7, 11) is 0. The predicted molar refractivity (Wildman–Crippen MR) is 108 cm³/mol. The molecule has 0 aliphatic rings. The molecule has 0 saturated heterocycles. The number of carbonyl (C=O) groups excluding carboxylic acids is 1. The third-order valence-corrected chi connectivity index (χ3v) is 4.91. The Hall–Kier alpha value is -3.09. The molecule has 0 aliphatic heterocycles. The highest BCUT2D eigenvalue weighted by atomic mass is 35.5. The number of halogens is 1. The number of carbonyl (C=O) groups is 1. The lowest BCUT2D eigenvalue weighted by Gasteiger charge is -2.03. The molecule has 5 nitrogen and oxygen atoms in total. The fourth-order valence-corrected chi connectivity index (χ4v) is 3.41. The van der Waals surface area contributed by atoms with Gasteiger partial charge in [-0.05, 0) is 6.07 Å². The van der Waals surface area contributed by atoms with Crippen molar-refractivity contribution in [3.8, 4) is 22.6 Å². The van der Waals surface area contributed by atoms with Crippen molar-refractivity contribution in [1.29, 1.82) is 0 Å². The summed E-state index contributed by atoms with van der Waals surface area (Å²) in [5.41, 5.74) is 2.81. The summed E-state index contributed by atoms with van der Waals surface area (Å²) in [4.78, 5) is 25.4. The predicted octanol–water partition coefficient (Wildman–Crippen LogP) is 5.17. The molecule has 4 aromatic rings. The van der Waals surface area contributed by atoms with Crippen LogP contribution < -0.4 is 5.32 Å². The van der Waals surface area contributed by atoms with E-state index >= 15 is 0 Å². The average molecular weight is 393 g/mol. The third kappa shape index (κ3) is 3.86. The molecular weight excluding hydrogens is 380 g/mol. The molecule has 2 aromatic heterocycles. The van der Waals surface area contributed by atoms with Crippen molar-refractivity contribution >= 4 is 34.0 Å². The van der Waals surface area contributed by atoms with Crippen LogP contribution in [0, 0.1) is 0 Å². The highest BCUT2D eigenvalue weighted by Crippen LogP contribution is 2.30. The van der Waals surface area contributed by atoms with Gasteiger partial charge in [-0.2, -0.15) is 0 Å². The molecule has 0 aliphatic carbocycles. The summed E-state index contributed by atoms with van der Waals surface area (Å²) in [6.45, 7) is 0. The van der Waals surface area contributed by atoms with Gasteiger partial charge in [0.15, 0.2) is 11.0 Å². The van der Waals surface area contributed by atoms with Crippen LogP contribution in [0.5, 0.6) is 0 Å². The first kappa shape index (κ1) is 17.3. The summed E-state index contributed by atoms with van der Waals surface area (Å²) in [6, 6.07) is 17.0. The number of hydrogen-bond acceptors (Lipinski definition) is 5. The third-order valence-electron chi connectivity index (χ3n) is 3.82. The number of amides is 1. The number of anilines is 1. The zero-order chi connectivity index (χ0) is 18.6. The number of hydrogen-bond donors (Lipinski definition) is 1. The van der Waals surface area contributed by atoms with E-state index < -0.39 is 0 Å². The second-order valence-corrected chi connectivity index (χ2v) is 6.90. The van der Waals surface area contributed by atoms with Gasteiger partial charge in [-0.15, -0.1) is 11.3 Å². The summed E-state index contributed by atoms with van der Waals surface area (Å²) in [5.74, 6) is 0.261. The van der Waals surface area contributed by atoms with E-state index in [4.69, 9.17) is 11.6 Å². The van der Waals surface area contributed by atoms with Crippen molar-refractivity contribution in [2.75, 3.05) is 5.32 Å². The first-order valence-electron chi connectivity index (χ1n) is 8.10. The molecule has 0 bridgehead atoms. The van der Waals surface area contributed by atoms with E-state index in [1.807, 2.05) is 53.9 Å². The molecule has 0 saturated carbocycles. The number of thiazole rings is 1. The van der Waals surface area contributed by atoms with Gasteiger partial charge in [-0.1, -0.05) is 60.1 Å². The van der Waals surface area contributed by atoms with E-state index in [1.54, 1.807) is 6.07 Å². The second kappa shape index (κ2) is 7.65. The Bertz CT molecular complexity index is 1080. The molecule has 0 radical (unpaired) electrons. The minimum atomic E-state index is -0.310. The average Bonchev–Trinajstić information content (AvgIpc) is 3.17. The van der Waals surface area contributed by atoms with Gasteiger partial charge >= 0.3 is 0 Å². The minimum Gasteiger partial charge on any atom is -0.298 e. The van der Waals surface area contributed by atoms with Gasteiger partial charge in [0.25, 0.3) is 5.91 Å². The summed E-state index contributed by atoms with van der Waals surface area (Å²) < 4.78 is 0. The molecule has 7 heteroatoms. The van der Waals surface area contributed by atoms with E-state index in [1.165, 1.54) is 23.7 Å². The van der Waals surface area contributed by atoms with Crippen LogP contribution in [0.1, 0.15) is 10.4 Å². The monoisotopic (exact) mass is 392 g/mol. The fourth-order valence-electron chi connectivity index (χ4n) is 2.47. The molecule has 4 rings (SSSR count). The Kier molecular flexibility index (Phi) is 4.91. The lowest BCUT2D eigenvalue weighted by atomic mass is 10.2. The molecule has 0 fully saturated rings. The van der Waals surface area contributed by atoms with Gasteiger partial charge in [0, 0.05) is 33.9 Å². The zero-order valence-corrected chi connectivity index (χ0v) is 15.5. The Balaban J connectivity index is 1.49. The van der Waals surface area contributed by atoms with Gasteiger partial charge in [0.1, 0.15) is 0 Å². The quantitative estimate of drug-likeness (QED) is 0.520. The first-order valence-corrected chi connectivity index (χ1v) is 9.36. The highest BCUT2D eigenvalue weighted by Gasteiger charge is 2.12. The Morgan fingerprint density at radius 2 is 1.67 bits per heavy atom. The second-order valence-electron chi connectivity index (χ2n) is 5.63. The molecule has 2 heterocycles. The van der Waals surface area contributed by atoms with Crippen LogP contribution in [0.2, 0.25) is 5.02 Å². The maximum Gasteiger partial charge on any atom is 0.260 e. The van der Waals surface area contributed by atoms with Crippen molar-refractivity contribution in [1.82, 2.24) is 15.0 Å². The van der Waals surface area contributed by atoms with E-state index in [2.05, 4.69) is 20.3 Å². The summed E-state index contributed by atoms with van der Waals surface area (Å²) in [5, 5.41) is 5.73. The van der Waals surface area contributed by atoms with Gasteiger partial charge in [0.2, 0.25) is 0 Å². The van der Waals surface area contributed by atoms with Crippen LogP contribution in [0.15, 0.2) is 72.4 Å². The van der Waals surface area contributed by atoms with Gasteiger partial charge in [0.05, 0.1) is 11.3 Å². The van der Waals surface area contributed by atoms with Gasteiger partial charge < -0.3 is 0 Å². The number of benzene rings is 2. The van der Waals surface area contributed by atoms with Crippen molar-refractivity contribution < 1.29 is 4.79 Å². The largest absolute Gasteiger partial charge is 0.298 e. The van der Waals surface area contributed by atoms with Crippen molar-refractivity contribution in [3.05, 3.63) is 83.0 Å². The molecule has 1 N–H and O–H groups in total. The molecule has 132 valence electrons. The van der Waals surface area contributed by atoms with E-state index in [0.29, 0.717) is 21.5 Å². The summed E-state index contributed by atoms with van der Waals surface area (Å²) >= 11 is 7.53. The highest BCUT2D eigenvalue weighted by molar-refractivity contribution is 7.14. The summed E-state index contributed by atoms with van der Waals surface area (Å²) in [6.07, 6.45) is 3.01. The number of nitrogens with one attached hydrogen (secondary N) is 1. The molecule has 27 heavy (non-hydrogen) atoms.